The molecule has 3 rings (SSSR count). The van der Waals surface area contributed by atoms with E-state index in [1.165, 1.54) is 0 Å². The van der Waals surface area contributed by atoms with E-state index in [1.54, 1.807) is 24.2 Å². The number of nitrogens with zero attached hydrogens (tertiary/aromatic N) is 1. The van der Waals surface area contributed by atoms with Crippen LogP contribution >= 0.6 is 23.4 Å². The molecular weight excluding hydrogens is 404 g/mol. The molecular formula is C23H23ClN2O2S. The molecule has 150 valence electrons. The zero-order chi connectivity index (χ0) is 20.5. The highest BCUT2D eigenvalue weighted by Gasteiger charge is 2.10. The van der Waals surface area contributed by atoms with Gasteiger partial charge in [0.2, 0.25) is 5.91 Å². The minimum Gasteiger partial charge on any atom is -0.489 e. The van der Waals surface area contributed by atoms with Gasteiger partial charge in [-0.1, -0.05) is 41.9 Å². The summed E-state index contributed by atoms with van der Waals surface area (Å²) in [6.07, 6.45) is 3.53. The van der Waals surface area contributed by atoms with Crippen molar-refractivity contribution in [1.29, 1.82) is 0 Å². The van der Waals surface area contributed by atoms with Gasteiger partial charge in [-0.3, -0.25) is 9.78 Å². The van der Waals surface area contributed by atoms with Crippen LogP contribution in [0.2, 0.25) is 5.02 Å². The molecule has 2 aromatic carbocycles. The predicted octanol–water partition coefficient (Wildman–Crippen LogP) is 5.42. The minimum absolute atomic E-state index is 0.0216. The van der Waals surface area contributed by atoms with Crippen molar-refractivity contribution in [3.05, 3.63) is 94.8 Å². The molecule has 1 atom stereocenters. The SMILES string of the molecule is CC(NC(=O)CSCc1ccc(Cl)cc1)c1ccc(OCc2cccnc2)cc1. The summed E-state index contributed by atoms with van der Waals surface area (Å²) in [5.74, 6) is 2.00. The van der Waals surface area contributed by atoms with E-state index in [4.69, 9.17) is 16.3 Å². The van der Waals surface area contributed by atoms with Gasteiger partial charge in [0.05, 0.1) is 11.8 Å². The summed E-state index contributed by atoms with van der Waals surface area (Å²) in [6, 6.07) is 19.3. The molecule has 6 heteroatoms. The van der Waals surface area contributed by atoms with Crippen LogP contribution in [0.15, 0.2) is 73.1 Å². The lowest BCUT2D eigenvalue weighted by atomic mass is 10.1. The van der Waals surface area contributed by atoms with Crippen LogP contribution in [0, 0.1) is 0 Å². The average molecular weight is 427 g/mol. The smallest absolute Gasteiger partial charge is 0.230 e. The fourth-order valence-electron chi connectivity index (χ4n) is 2.71. The number of nitrogens with one attached hydrogen (secondary N) is 1. The van der Waals surface area contributed by atoms with E-state index in [-0.39, 0.29) is 11.9 Å². The topological polar surface area (TPSA) is 51.2 Å². The maximum atomic E-state index is 12.2. The summed E-state index contributed by atoms with van der Waals surface area (Å²) in [4.78, 5) is 16.3. The van der Waals surface area contributed by atoms with Crippen molar-refractivity contribution in [3.63, 3.8) is 0 Å². The van der Waals surface area contributed by atoms with Gasteiger partial charge in [-0.15, -0.1) is 11.8 Å². The second-order valence-corrected chi connectivity index (χ2v) is 8.05. The summed E-state index contributed by atoms with van der Waals surface area (Å²) in [5.41, 5.74) is 3.21. The Morgan fingerprint density at radius 2 is 1.86 bits per heavy atom. The number of benzene rings is 2. The summed E-state index contributed by atoms with van der Waals surface area (Å²) in [7, 11) is 0. The van der Waals surface area contributed by atoms with E-state index in [2.05, 4.69) is 10.3 Å². The summed E-state index contributed by atoms with van der Waals surface area (Å²) >= 11 is 7.47. The Bertz CT molecular complexity index is 902. The number of rotatable bonds is 9. The molecule has 0 fully saturated rings. The zero-order valence-electron chi connectivity index (χ0n) is 16.2. The summed E-state index contributed by atoms with van der Waals surface area (Å²) in [6.45, 7) is 2.46. The molecule has 0 spiro atoms. The number of aromatic nitrogens is 1. The first-order chi connectivity index (χ1) is 14.1. The molecule has 29 heavy (non-hydrogen) atoms. The molecule has 1 amide bonds. The molecule has 0 aliphatic carbocycles. The summed E-state index contributed by atoms with van der Waals surface area (Å²) in [5, 5.41) is 3.76. The molecule has 0 saturated heterocycles. The molecule has 1 heterocycles. The Morgan fingerprint density at radius 1 is 1.10 bits per heavy atom. The van der Waals surface area contributed by atoms with Crippen molar-refractivity contribution in [2.75, 3.05) is 5.75 Å². The number of carbonyl (C=O) groups is 1. The van der Waals surface area contributed by atoms with Crippen LogP contribution in [0.5, 0.6) is 5.75 Å². The first-order valence-corrected chi connectivity index (χ1v) is 10.9. The van der Waals surface area contributed by atoms with Gasteiger partial charge in [0.25, 0.3) is 0 Å². The van der Waals surface area contributed by atoms with Gasteiger partial charge in [-0.25, -0.2) is 0 Å². The second kappa shape index (κ2) is 10.9. The highest BCUT2D eigenvalue weighted by atomic mass is 35.5. The average Bonchev–Trinajstić information content (AvgIpc) is 2.75. The lowest BCUT2D eigenvalue weighted by Gasteiger charge is -2.15. The molecule has 1 aromatic heterocycles. The Labute approximate surface area is 180 Å². The van der Waals surface area contributed by atoms with Crippen LogP contribution in [-0.4, -0.2) is 16.6 Å². The summed E-state index contributed by atoms with van der Waals surface area (Å²) < 4.78 is 5.77. The normalized spacial score (nSPS) is 11.7. The number of pyridine rings is 1. The predicted molar refractivity (Wildman–Crippen MR) is 119 cm³/mol. The van der Waals surface area contributed by atoms with Gasteiger partial charge in [0, 0.05) is 28.7 Å². The maximum absolute atomic E-state index is 12.2. The largest absolute Gasteiger partial charge is 0.489 e. The number of hydrogen-bond acceptors (Lipinski definition) is 4. The molecule has 0 aliphatic heterocycles. The first kappa shape index (κ1) is 21.2. The molecule has 3 aromatic rings. The number of halogens is 1. The Morgan fingerprint density at radius 3 is 2.55 bits per heavy atom. The molecule has 0 radical (unpaired) electrons. The van der Waals surface area contributed by atoms with Crippen molar-refractivity contribution in [2.24, 2.45) is 0 Å². The van der Waals surface area contributed by atoms with E-state index in [1.807, 2.05) is 67.6 Å². The van der Waals surface area contributed by atoms with Crippen LogP contribution in [-0.2, 0) is 17.2 Å². The Balaban J connectivity index is 1.41. The first-order valence-electron chi connectivity index (χ1n) is 9.33. The third-order valence-corrected chi connectivity index (χ3v) is 5.56. The number of amides is 1. The number of hydrogen-bond donors (Lipinski definition) is 1. The van der Waals surface area contributed by atoms with Crippen molar-refractivity contribution in [2.45, 2.75) is 25.3 Å². The van der Waals surface area contributed by atoms with Gasteiger partial charge >= 0.3 is 0 Å². The zero-order valence-corrected chi connectivity index (χ0v) is 17.7. The Kier molecular flexibility index (Phi) is 7.96. The van der Waals surface area contributed by atoms with E-state index >= 15 is 0 Å². The number of ether oxygens (including phenoxy) is 1. The lowest BCUT2D eigenvalue weighted by Crippen LogP contribution is -2.28. The van der Waals surface area contributed by atoms with E-state index in [0.29, 0.717) is 12.4 Å². The number of carbonyl (C=O) groups excluding carboxylic acids is 1. The second-order valence-electron chi connectivity index (χ2n) is 6.63. The van der Waals surface area contributed by atoms with Crippen molar-refractivity contribution < 1.29 is 9.53 Å². The van der Waals surface area contributed by atoms with Gasteiger partial charge in [0.15, 0.2) is 0 Å². The van der Waals surface area contributed by atoms with Gasteiger partial charge < -0.3 is 10.1 Å². The fourth-order valence-corrected chi connectivity index (χ4v) is 3.64. The van der Waals surface area contributed by atoms with Gasteiger partial charge in [-0.2, -0.15) is 0 Å². The van der Waals surface area contributed by atoms with E-state index in [9.17, 15) is 4.79 Å². The third kappa shape index (κ3) is 7.11. The lowest BCUT2D eigenvalue weighted by molar-refractivity contribution is -0.119. The Hall–Kier alpha value is -2.50. The van der Waals surface area contributed by atoms with Crippen molar-refractivity contribution in [1.82, 2.24) is 10.3 Å². The van der Waals surface area contributed by atoms with Gasteiger partial charge in [-0.05, 0) is 48.4 Å². The standard InChI is InChI=1S/C23H23ClN2O2S/c1-17(26-23(27)16-29-15-18-4-8-21(24)9-5-18)20-6-10-22(11-7-20)28-14-19-3-2-12-25-13-19/h2-13,17H,14-16H2,1H3,(H,26,27). The maximum Gasteiger partial charge on any atom is 0.230 e. The molecule has 0 saturated carbocycles. The van der Waals surface area contributed by atoms with Crippen molar-refractivity contribution in [3.8, 4) is 5.75 Å². The van der Waals surface area contributed by atoms with Crippen LogP contribution in [0.4, 0.5) is 0 Å². The molecule has 1 N–H and O–H groups in total. The van der Waals surface area contributed by atoms with Crippen molar-refractivity contribution >= 4 is 29.3 Å². The molecule has 0 bridgehead atoms. The van der Waals surface area contributed by atoms with Crippen LogP contribution < -0.4 is 10.1 Å². The fraction of sp³-hybridized carbons (Fsp3) is 0.217. The monoisotopic (exact) mass is 426 g/mol. The van der Waals surface area contributed by atoms with E-state index in [0.717, 1.165) is 33.2 Å². The quantitative estimate of drug-likeness (QED) is 0.496. The molecule has 4 nitrogen and oxygen atoms in total. The highest BCUT2D eigenvalue weighted by molar-refractivity contribution is 7.99. The van der Waals surface area contributed by atoms with Gasteiger partial charge in [0.1, 0.15) is 12.4 Å². The van der Waals surface area contributed by atoms with E-state index < -0.39 is 0 Å². The van der Waals surface area contributed by atoms with Crippen LogP contribution in [0.25, 0.3) is 0 Å². The minimum atomic E-state index is -0.0639. The number of thioether (sulfide) groups is 1. The molecule has 0 aliphatic rings. The van der Waals surface area contributed by atoms with Crippen LogP contribution in [0.3, 0.4) is 0 Å². The molecule has 1 unspecified atom stereocenters. The van der Waals surface area contributed by atoms with Crippen LogP contribution in [0.1, 0.15) is 29.7 Å². The third-order valence-electron chi connectivity index (χ3n) is 4.30. The highest BCUT2D eigenvalue weighted by Crippen LogP contribution is 2.19.